The van der Waals surface area contributed by atoms with Gasteiger partial charge in [0.25, 0.3) is 0 Å². The molecule has 0 unspecified atom stereocenters. The summed E-state index contributed by atoms with van der Waals surface area (Å²) in [6.45, 7) is 1.39. The minimum absolute atomic E-state index is 0.654. The molecule has 3 aromatic rings. The summed E-state index contributed by atoms with van der Waals surface area (Å²) in [5, 5.41) is 10.7. The Morgan fingerprint density at radius 1 is 1.20 bits per heavy atom. The molecule has 0 aliphatic carbocycles. The van der Waals surface area contributed by atoms with E-state index in [4.69, 9.17) is 0 Å². The third-order valence-electron chi connectivity index (χ3n) is 2.83. The fraction of sp³-hybridized carbons (Fsp3) is 0.214. The third-order valence-corrected chi connectivity index (χ3v) is 3.68. The number of rotatable bonds is 5. The number of aryl methyl sites for hydroxylation is 1. The molecule has 0 spiro atoms. The highest BCUT2D eigenvalue weighted by Gasteiger charge is 2.04. The maximum absolute atomic E-state index is 4.63. The van der Waals surface area contributed by atoms with E-state index in [2.05, 4.69) is 37.9 Å². The van der Waals surface area contributed by atoms with Gasteiger partial charge in [0.15, 0.2) is 5.82 Å². The summed E-state index contributed by atoms with van der Waals surface area (Å²) in [7, 11) is 1.86. The van der Waals surface area contributed by atoms with Gasteiger partial charge >= 0.3 is 0 Å². The van der Waals surface area contributed by atoms with Gasteiger partial charge in [-0.3, -0.25) is 4.68 Å². The van der Waals surface area contributed by atoms with Crippen LogP contribution in [0.3, 0.4) is 0 Å². The van der Waals surface area contributed by atoms with Crippen LogP contribution in [0.25, 0.3) is 11.3 Å². The predicted octanol–water partition coefficient (Wildman–Crippen LogP) is 2.23. The van der Waals surface area contributed by atoms with Gasteiger partial charge in [0, 0.05) is 24.5 Å². The SMILES string of the molecule is Cn1cnc(CNCc2nc(-c3ccccc3)cs2)n1. The highest BCUT2D eigenvalue weighted by Crippen LogP contribution is 2.21. The molecule has 0 fully saturated rings. The lowest BCUT2D eigenvalue weighted by atomic mass is 10.2. The van der Waals surface area contributed by atoms with Gasteiger partial charge in [0.05, 0.1) is 12.2 Å². The molecule has 0 saturated carbocycles. The minimum Gasteiger partial charge on any atom is -0.303 e. The Hall–Kier alpha value is -2.05. The average molecular weight is 285 g/mol. The standard InChI is InChI=1S/C14H15N5S/c1-19-10-16-13(18-19)7-15-8-14-17-12(9-20-14)11-5-3-2-4-6-11/h2-6,9-10,15H,7-8H2,1H3. The van der Waals surface area contributed by atoms with Crippen LogP contribution < -0.4 is 5.32 Å². The van der Waals surface area contributed by atoms with Gasteiger partial charge < -0.3 is 5.32 Å². The molecule has 1 N–H and O–H groups in total. The first-order valence-corrected chi connectivity index (χ1v) is 7.24. The monoisotopic (exact) mass is 285 g/mol. The molecular formula is C14H15N5S. The molecule has 2 heterocycles. The Morgan fingerprint density at radius 2 is 2.05 bits per heavy atom. The number of nitrogens with one attached hydrogen (secondary N) is 1. The fourth-order valence-electron chi connectivity index (χ4n) is 1.88. The van der Waals surface area contributed by atoms with Crippen molar-refractivity contribution in [3.8, 4) is 11.3 Å². The Balaban J connectivity index is 1.58. The Kier molecular flexibility index (Phi) is 3.85. The van der Waals surface area contributed by atoms with Crippen LogP contribution in [-0.4, -0.2) is 19.7 Å². The predicted molar refractivity (Wildman–Crippen MR) is 79.1 cm³/mol. The summed E-state index contributed by atoms with van der Waals surface area (Å²) in [6, 6.07) is 10.2. The molecule has 0 amide bonds. The molecule has 2 aromatic heterocycles. The molecule has 0 radical (unpaired) electrons. The second-order valence-corrected chi connectivity index (χ2v) is 5.37. The molecule has 6 heteroatoms. The Bertz CT molecular complexity index is 674. The second-order valence-electron chi connectivity index (χ2n) is 4.43. The van der Waals surface area contributed by atoms with Crippen LogP contribution >= 0.6 is 11.3 Å². The summed E-state index contributed by atoms with van der Waals surface area (Å²) in [5.41, 5.74) is 2.18. The molecule has 0 aliphatic heterocycles. The lowest BCUT2D eigenvalue weighted by molar-refractivity contribution is 0.647. The van der Waals surface area contributed by atoms with Crippen molar-refractivity contribution in [2.45, 2.75) is 13.1 Å². The topological polar surface area (TPSA) is 55.6 Å². The highest BCUT2D eigenvalue weighted by atomic mass is 32.1. The van der Waals surface area contributed by atoms with E-state index in [-0.39, 0.29) is 0 Å². The summed E-state index contributed by atoms with van der Waals surface area (Å²) < 4.78 is 1.70. The van der Waals surface area contributed by atoms with E-state index in [0.29, 0.717) is 6.54 Å². The fourth-order valence-corrected chi connectivity index (χ4v) is 2.65. The lowest BCUT2D eigenvalue weighted by Crippen LogP contribution is -2.13. The van der Waals surface area contributed by atoms with Crippen molar-refractivity contribution in [2.24, 2.45) is 7.05 Å². The molecule has 1 aromatic carbocycles. The Morgan fingerprint density at radius 3 is 2.80 bits per heavy atom. The van der Waals surface area contributed by atoms with Crippen LogP contribution in [0.2, 0.25) is 0 Å². The van der Waals surface area contributed by atoms with Crippen molar-refractivity contribution < 1.29 is 0 Å². The van der Waals surface area contributed by atoms with Crippen molar-refractivity contribution >= 4 is 11.3 Å². The quantitative estimate of drug-likeness (QED) is 0.781. The first kappa shape index (κ1) is 13.0. The molecule has 5 nitrogen and oxygen atoms in total. The van der Waals surface area contributed by atoms with Gasteiger partial charge in [-0.25, -0.2) is 9.97 Å². The van der Waals surface area contributed by atoms with Gasteiger partial charge in [0.2, 0.25) is 0 Å². The van der Waals surface area contributed by atoms with Crippen molar-refractivity contribution in [1.29, 1.82) is 0 Å². The molecule has 20 heavy (non-hydrogen) atoms. The van der Waals surface area contributed by atoms with Crippen LogP contribution in [0.5, 0.6) is 0 Å². The van der Waals surface area contributed by atoms with Crippen LogP contribution in [0.4, 0.5) is 0 Å². The van der Waals surface area contributed by atoms with E-state index >= 15 is 0 Å². The molecule has 0 bridgehead atoms. The average Bonchev–Trinajstić information content (AvgIpc) is 3.09. The first-order valence-electron chi connectivity index (χ1n) is 6.36. The summed E-state index contributed by atoms with van der Waals surface area (Å²) in [4.78, 5) is 8.80. The summed E-state index contributed by atoms with van der Waals surface area (Å²) in [6.07, 6.45) is 1.70. The molecule has 102 valence electrons. The number of nitrogens with zero attached hydrogens (tertiary/aromatic N) is 4. The molecule has 0 aliphatic rings. The summed E-state index contributed by atoms with van der Waals surface area (Å²) >= 11 is 1.67. The smallest absolute Gasteiger partial charge is 0.164 e. The van der Waals surface area contributed by atoms with Crippen molar-refractivity contribution in [2.75, 3.05) is 0 Å². The second kappa shape index (κ2) is 5.94. The highest BCUT2D eigenvalue weighted by molar-refractivity contribution is 7.09. The molecule has 0 saturated heterocycles. The zero-order valence-electron chi connectivity index (χ0n) is 11.2. The van der Waals surface area contributed by atoms with Crippen molar-refractivity contribution in [1.82, 2.24) is 25.1 Å². The first-order chi connectivity index (χ1) is 9.81. The van der Waals surface area contributed by atoms with Gasteiger partial charge in [-0.15, -0.1) is 11.3 Å². The number of benzene rings is 1. The van der Waals surface area contributed by atoms with Crippen LogP contribution in [-0.2, 0) is 20.1 Å². The summed E-state index contributed by atoms with van der Waals surface area (Å²) in [5.74, 6) is 0.798. The number of hydrogen-bond acceptors (Lipinski definition) is 5. The van der Waals surface area contributed by atoms with Crippen molar-refractivity contribution in [3.63, 3.8) is 0 Å². The maximum atomic E-state index is 4.63. The molecule has 0 atom stereocenters. The van der Waals surface area contributed by atoms with E-state index < -0.39 is 0 Å². The van der Waals surface area contributed by atoms with E-state index in [1.54, 1.807) is 22.3 Å². The van der Waals surface area contributed by atoms with Gasteiger partial charge in [-0.05, 0) is 0 Å². The van der Waals surface area contributed by atoms with E-state index in [0.717, 1.165) is 28.6 Å². The van der Waals surface area contributed by atoms with E-state index in [1.165, 1.54) is 0 Å². The van der Waals surface area contributed by atoms with E-state index in [9.17, 15) is 0 Å². The maximum Gasteiger partial charge on any atom is 0.164 e. The number of thiazole rings is 1. The zero-order valence-corrected chi connectivity index (χ0v) is 12.0. The minimum atomic E-state index is 0.654. The largest absolute Gasteiger partial charge is 0.303 e. The Labute approximate surface area is 121 Å². The van der Waals surface area contributed by atoms with Gasteiger partial charge in [-0.1, -0.05) is 30.3 Å². The molecular weight excluding hydrogens is 270 g/mol. The normalized spacial score (nSPS) is 10.8. The van der Waals surface area contributed by atoms with Crippen molar-refractivity contribution in [3.05, 3.63) is 52.9 Å². The van der Waals surface area contributed by atoms with Crippen LogP contribution in [0.1, 0.15) is 10.8 Å². The zero-order chi connectivity index (χ0) is 13.8. The molecule has 3 rings (SSSR count). The number of hydrogen-bond donors (Lipinski definition) is 1. The van der Waals surface area contributed by atoms with Gasteiger partial charge in [-0.2, -0.15) is 5.10 Å². The van der Waals surface area contributed by atoms with Crippen LogP contribution in [0, 0.1) is 0 Å². The number of aromatic nitrogens is 4. The van der Waals surface area contributed by atoms with E-state index in [1.807, 2.05) is 25.2 Å². The van der Waals surface area contributed by atoms with Gasteiger partial charge in [0.1, 0.15) is 11.3 Å². The third kappa shape index (κ3) is 3.09. The lowest BCUT2D eigenvalue weighted by Gasteiger charge is -1.98. The van der Waals surface area contributed by atoms with Crippen LogP contribution in [0.15, 0.2) is 42.0 Å².